The van der Waals surface area contributed by atoms with Crippen LogP contribution >= 0.6 is 0 Å². The molecule has 4 nitrogen and oxygen atoms in total. The van der Waals surface area contributed by atoms with Crippen molar-refractivity contribution < 1.29 is 9.21 Å². The molecule has 1 aromatic carbocycles. The number of nitrogens with zero attached hydrogens (tertiary/aromatic N) is 2. The van der Waals surface area contributed by atoms with Crippen molar-refractivity contribution in [2.24, 2.45) is 0 Å². The summed E-state index contributed by atoms with van der Waals surface area (Å²) in [6.07, 6.45) is 5.07. The highest BCUT2D eigenvalue weighted by Gasteiger charge is 2.15. The van der Waals surface area contributed by atoms with E-state index in [1.165, 1.54) is 0 Å². The van der Waals surface area contributed by atoms with Gasteiger partial charge in [-0.15, -0.1) is 0 Å². The Bertz CT molecular complexity index is 750. The lowest BCUT2D eigenvalue weighted by molar-refractivity contribution is 0.0944. The molecule has 0 saturated carbocycles. The van der Waals surface area contributed by atoms with Gasteiger partial charge in [0.15, 0.2) is 5.78 Å². The van der Waals surface area contributed by atoms with E-state index in [0.717, 1.165) is 16.5 Å². The number of Topliss-reactive ketones (excluding diaryl/α,β-unsaturated/α-hetero) is 1. The smallest absolute Gasteiger partial charge is 0.180 e. The second-order valence-corrected chi connectivity index (χ2v) is 5.10. The van der Waals surface area contributed by atoms with Crippen molar-refractivity contribution in [1.29, 1.82) is 0 Å². The van der Waals surface area contributed by atoms with Crippen molar-refractivity contribution in [1.82, 2.24) is 9.88 Å². The topological polar surface area (TPSA) is 46.3 Å². The van der Waals surface area contributed by atoms with E-state index in [0.29, 0.717) is 18.7 Å². The van der Waals surface area contributed by atoms with E-state index in [1.54, 1.807) is 18.7 Å². The first-order valence-electron chi connectivity index (χ1n) is 6.81. The molecule has 0 aliphatic carbocycles. The van der Waals surface area contributed by atoms with Gasteiger partial charge in [-0.05, 0) is 30.8 Å². The third kappa shape index (κ3) is 3.01. The number of carbonyl (C=O) groups is 1. The van der Waals surface area contributed by atoms with Crippen LogP contribution in [-0.4, -0.2) is 29.3 Å². The fraction of sp³-hybridized carbons (Fsp3) is 0.176. The number of benzene rings is 1. The Morgan fingerprint density at radius 3 is 2.76 bits per heavy atom. The summed E-state index contributed by atoms with van der Waals surface area (Å²) in [7, 11) is 1.93. The van der Waals surface area contributed by atoms with Crippen LogP contribution in [-0.2, 0) is 6.54 Å². The van der Waals surface area contributed by atoms with Crippen molar-refractivity contribution in [2.75, 3.05) is 13.6 Å². The summed E-state index contributed by atoms with van der Waals surface area (Å²) < 4.78 is 5.42. The molecule has 0 fully saturated rings. The average molecular weight is 280 g/mol. The maximum atomic E-state index is 12.4. The number of hydrogen-bond donors (Lipinski definition) is 0. The predicted octanol–water partition coefficient (Wildman–Crippen LogP) is 3.14. The first kappa shape index (κ1) is 13.5. The van der Waals surface area contributed by atoms with E-state index in [2.05, 4.69) is 4.98 Å². The third-order valence-corrected chi connectivity index (χ3v) is 3.40. The molecule has 0 radical (unpaired) electrons. The van der Waals surface area contributed by atoms with E-state index < -0.39 is 0 Å². The van der Waals surface area contributed by atoms with Crippen LogP contribution in [0.1, 0.15) is 15.9 Å². The first-order chi connectivity index (χ1) is 10.2. The molecule has 0 aliphatic rings. The molecular formula is C17H16N2O2. The summed E-state index contributed by atoms with van der Waals surface area (Å²) in [5, 5.41) is 0.875. The number of furan rings is 1. The number of aromatic nitrogens is 1. The molecular weight excluding hydrogens is 264 g/mol. The molecule has 3 rings (SSSR count). The minimum Gasteiger partial charge on any atom is -0.464 e. The van der Waals surface area contributed by atoms with Crippen molar-refractivity contribution in [3.63, 3.8) is 0 Å². The standard InChI is InChI=1S/C17H16N2O2/c1-19(10-13-6-8-18-9-7-13)11-16(20)15-12-21-17-5-3-2-4-14(15)17/h2-9,12H,10-11H2,1H3. The number of pyridine rings is 1. The van der Waals surface area contributed by atoms with Gasteiger partial charge in [-0.2, -0.15) is 0 Å². The highest BCUT2D eigenvalue weighted by atomic mass is 16.3. The molecule has 0 unspecified atom stereocenters. The zero-order valence-corrected chi connectivity index (χ0v) is 11.8. The largest absolute Gasteiger partial charge is 0.464 e. The molecule has 3 aromatic rings. The number of carbonyl (C=O) groups excluding carboxylic acids is 1. The van der Waals surface area contributed by atoms with Gasteiger partial charge in [-0.3, -0.25) is 14.7 Å². The van der Waals surface area contributed by atoms with Crippen LogP contribution in [0.2, 0.25) is 0 Å². The van der Waals surface area contributed by atoms with Gasteiger partial charge in [-0.1, -0.05) is 18.2 Å². The Hall–Kier alpha value is -2.46. The van der Waals surface area contributed by atoms with E-state index in [9.17, 15) is 4.79 Å². The van der Waals surface area contributed by atoms with Crippen molar-refractivity contribution in [3.8, 4) is 0 Å². The molecule has 0 amide bonds. The van der Waals surface area contributed by atoms with Crippen LogP contribution in [0.3, 0.4) is 0 Å². The van der Waals surface area contributed by atoms with E-state index in [1.807, 2.05) is 48.3 Å². The number of fused-ring (bicyclic) bond motifs is 1. The number of hydrogen-bond acceptors (Lipinski definition) is 4. The van der Waals surface area contributed by atoms with Crippen LogP contribution in [0.5, 0.6) is 0 Å². The summed E-state index contributed by atoms with van der Waals surface area (Å²) in [4.78, 5) is 18.4. The van der Waals surface area contributed by atoms with Crippen LogP contribution in [0.25, 0.3) is 11.0 Å². The lowest BCUT2D eigenvalue weighted by atomic mass is 10.1. The van der Waals surface area contributed by atoms with Gasteiger partial charge >= 0.3 is 0 Å². The number of rotatable bonds is 5. The van der Waals surface area contributed by atoms with Gasteiger partial charge in [0.25, 0.3) is 0 Å². The third-order valence-electron chi connectivity index (χ3n) is 3.40. The first-order valence-corrected chi connectivity index (χ1v) is 6.81. The quantitative estimate of drug-likeness (QED) is 0.674. The van der Waals surface area contributed by atoms with Crippen LogP contribution in [0.15, 0.2) is 59.5 Å². The maximum Gasteiger partial charge on any atom is 0.180 e. The molecule has 0 bridgehead atoms. The fourth-order valence-corrected chi connectivity index (χ4v) is 2.38. The molecule has 4 heteroatoms. The van der Waals surface area contributed by atoms with E-state index >= 15 is 0 Å². The SMILES string of the molecule is CN(CC(=O)c1coc2ccccc12)Cc1ccncc1. The fourth-order valence-electron chi connectivity index (χ4n) is 2.38. The summed E-state index contributed by atoms with van der Waals surface area (Å²) >= 11 is 0. The van der Waals surface area contributed by atoms with Gasteiger partial charge in [0.05, 0.1) is 12.1 Å². The number of ketones is 1. The zero-order valence-electron chi connectivity index (χ0n) is 11.8. The summed E-state index contributed by atoms with van der Waals surface area (Å²) in [6.45, 7) is 1.07. The zero-order chi connectivity index (χ0) is 14.7. The number of para-hydroxylation sites is 1. The second-order valence-electron chi connectivity index (χ2n) is 5.10. The highest BCUT2D eigenvalue weighted by molar-refractivity contribution is 6.08. The normalized spacial score (nSPS) is 11.1. The molecule has 0 N–H and O–H groups in total. The van der Waals surface area contributed by atoms with Gasteiger partial charge < -0.3 is 4.42 Å². The second kappa shape index (κ2) is 5.89. The Labute approximate surface area is 123 Å². The maximum absolute atomic E-state index is 12.4. The lowest BCUT2D eigenvalue weighted by Gasteiger charge is -2.15. The van der Waals surface area contributed by atoms with E-state index in [4.69, 9.17) is 4.42 Å². The predicted molar refractivity (Wildman–Crippen MR) is 81.1 cm³/mol. The Balaban J connectivity index is 1.71. The van der Waals surface area contributed by atoms with Crippen molar-refractivity contribution in [3.05, 3.63) is 66.2 Å². The van der Waals surface area contributed by atoms with E-state index in [-0.39, 0.29) is 5.78 Å². The molecule has 0 aliphatic heterocycles. The number of likely N-dealkylation sites (N-methyl/N-ethyl adjacent to an activating group) is 1. The Morgan fingerprint density at radius 1 is 1.19 bits per heavy atom. The summed E-state index contributed by atoms with van der Waals surface area (Å²) in [5.41, 5.74) is 2.53. The van der Waals surface area contributed by atoms with Crippen molar-refractivity contribution in [2.45, 2.75) is 6.54 Å². The Morgan fingerprint density at radius 2 is 1.95 bits per heavy atom. The van der Waals surface area contributed by atoms with Gasteiger partial charge in [0.2, 0.25) is 0 Å². The molecule has 21 heavy (non-hydrogen) atoms. The lowest BCUT2D eigenvalue weighted by Crippen LogP contribution is -2.25. The van der Waals surface area contributed by atoms with Gasteiger partial charge in [-0.25, -0.2) is 0 Å². The Kier molecular flexibility index (Phi) is 3.79. The molecule has 106 valence electrons. The summed E-state index contributed by atoms with van der Waals surface area (Å²) in [6, 6.07) is 11.5. The highest BCUT2D eigenvalue weighted by Crippen LogP contribution is 2.21. The van der Waals surface area contributed by atoms with Gasteiger partial charge in [0.1, 0.15) is 11.8 Å². The molecule has 0 atom stereocenters. The molecule has 2 heterocycles. The minimum atomic E-state index is 0.0662. The summed E-state index contributed by atoms with van der Waals surface area (Å²) in [5.74, 6) is 0.0662. The average Bonchev–Trinajstić information content (AvgIpc) is 2.92. The van der Waals surface area contributed by atoms with Crippen LogP contribution < -0.4 is 0 Å². The minimum absolute atomic E-state index is 0.0662. The molecule has 0 spiro atoms. The molecule has 0 saturated heterocycles. The van der Waals surface area contributed by atoms with Gasteiger partial charge in [0, 0.05) is 24.3 Å². The van der Waals surface area contributed by atoms with Crippen molar-refractivity contribution >= 4 is 16.8 Å². The molecule has 2 aromatic heterocycles. The monoisotopic (exact) mass is 280 g/mol. The van der Waals surface area contributed by atoms with Crippen LogP contribution in [0, 0.1) is 0 Å². The van der Waals surface area contributed by atoms with Crippen LogP contribution in [0.4, 0.5) is 0 Å².